The highest BCUT2D eigenvalue weighted by Gasteiger charge is 2.24. The van der Waals surface area contributed by atoms with E-state index in [0.29, 0.717) is 16.9 Å². The molecule has 2 N–H and O–H groups in total. The maximum atomic E-state index is 6.13. The number of hydrogen-bond donors (Lipinski definition) is 1. The highest BCUT2D eigenvalue weighted by molar-refractivity contribution is 6.33. The summed E-state index contributed by atoms with van der Waals surface area (Å²) in [6, 6.07) is 0.431. The van der Waals surface area contributed by atoms with Gasteiger partial charge in [0.1, 0.15) is 10.8 Å². The van der Waals surface area contributed by atoms with Crippen LogP contribution in [0.1, 0.15) is 57.7 Å². The van der Waals surface area contributed by atoms with E-state index in [1.807, 2.05) is 11.6 Å². The molecular weight excluding hydrogens is 246 g/mol. The minimum absolute atomic E-state index is 0.431. The number of rotatable bonds is 2. The number of aryl methyl sites for hydroxylation is 1. The zero-order chi connectivity index (χ0) is 13.3. The van der Waals surface area contributed by atoms with Gasteiger partial charge in [-0.3, -0.25) is 0 Å². The Balaban J connectivity index is 2.12. The van der Waals surface area contributed by atoms with Crippen LogP contribution < -0.4 is 5.73 Å². The molecule has 18 heavy (non-hydrogen) atoms. The number of nitrogen functional groups attached to an aromatic ring is 1. The third-order valence-electron chi connectivity index (χ3n) is 4.32. The van der Waals surface area contributed by atoms with Gasteiger partial charge in [0.05, 0.1) is 11.7 Å². The maximum absolute atomic E-state index is 6.13. The third-order valence-corrected chi connectivity index (χ3v) is 4.79. The molecule has 0 aliphatic heterocycles. The molecular formula is C14H24ClN3. The van der Waals surface area contributed by atoms with Crippen LogP contribution in [0.3, 0.4) is 0 Å². The van der Waals surface area contributed by atoms with Crippen molar-refractivity contribution in [1.29, 1.82) is 0 Å². The third kappa shape index (κ3) is 2.66. The minimum Gasteiger partial charge on any atom is -0.383 e. The van der Waals surface area contributed by atoms with Crippen molar-refractivity contribution >= 4 is 17.4 Å². The highest BCUT2D eigenvalue weighted by Crippen LogP contribution is 2.36. The molecule has 1 fully saturated rings. The van der Waals surface area contributed by atoms with E-state index in [-0.39, 0.29) is 0 Å². The topological polar surface area (TPSA) is 43.8 Å². The van der Waals surface area contributed by atoms with Crippen LogP contribution in [-0.2, 0) is 0 Å². The molecule has 1 aliphatic carbocycles. The van der Waals surface area contributed by atoms with E-state index in [0.717, 1.165) is 17.5 Å². The number of aromatic nitrogens is 2. The molecule has 1 aromatic heterocycles. The Hall–Kier alpha value is -0.700. The molecule has 2 atom stereocenters. The summed E-state index contributed by atoms with van der Waals surface area (Å²) in [6.07, 6.45) is 6.22. The van der Waals surface area contributed by atoms with Crippen molar-refractivity contribution in [2.75, 3.05) is 5.73 Å². The number of nitrogens with two attached hydrogens (primary N) is 1. The summed E-state index contributed by atoms with van der Waals surface area (Å²) in [6.45, 7) is 6.57. The molecule has 4 heteroatoms. The van der Waals surface area contributed by atoms with Gasteiger partial charge in [0.2, 0.25) is 0 Å². The van der Waals surface area contributed by atoms with Gasteiger partial charge in [-0.1, -0.05) is 38.3 Å². The lowest BCUT2D eigenvalue weighted by Crippen LogP contribution is -2.13. The molecule has 2 unspecified atom stereocenters. The van der Waals surface area contributed by atoms with Crippen LogP contribution in [-0.4, -0.2) is 9.78 Å². The monoisotopic (exact) mass is 269 g/mol. The van der Waals surface area contributed by atoms with Gasteiger partial charge in [0.15, 0.2) is 0 Å². The molecule has 1 saturated carbocycles. The smallest absolute Gasteiger partial charge is 0.141 e. The van der Waals surface area contributed by atoms with E-state index in [2.05, 4.69) is 18.9 Å². The summed E-state index contributed by atoms with van der Waals surface area (Å²) in [5.41, 5.74) is 6.89. The number of hydrogen-bond acceptors (Lipinski definition) is 2. The lowest BCUT2D eigenvalue weighted by atomic mass is 9.89. The van der Waals surface area contributed by atoms with Crippen LogP contribution >= 0.6 is 11.6 Å². The molecule has 3 nitrogen and oxygen atoms in total. The van der Waals surface area contributed by atoms with E-state index in [9.17, 15) is 0 Å². The van der Waals surface area contributed by atoms with Crippen molar-refractivity contribution in [3.05, 3.63) is 10.7 Å². The van der Waals surface area contributed by atoms with E-state index >= 15 is 0 Å². The molecule has 0 spiro atoms. The van der Waals surface area contributed by atoms with Crippen molar-refractivity contribution < 1.29 is 0 Å². The van der Waals surface area contributed by atoms with Gasteiger partial charge in [-0.15, -0.1) is 0 Å². The summed E-state index contributed by atoms with van der Waals surface area (Å²) < 4.78 is 1.96. The Bertz CT molecular complexity index is 411. The predicted octanol–water partition coefficient (Wildman–Crippen LogP) is 4.20. The van der Waals surface area contributed by atoms with Gasteiger partial charge in [-0.05, 0) is 38.0 Å². The molecule has 1 aliphatic rings. The van der Waals surface area contributed by atoms with Gasteiger partial charge in [-0.2, -0.15) is 5.10 Å². The lowest BCUT2D eigenvalue weighted by Gasteiger charge is -2.19. The molecule has 102 valence electrons. The second-order valence-electron chi connectivity index (χ2n) is 5.90. The molecule has 1 aromatic rings. The van der Waals surface area contributed by atoms with E-state index in [4.69, 9.17) is 17.3 Å². The SMILES string of the molecule is Cc1nn(C2CCCC(C(C)C)CC2)c(N)c1Cl. The molecule has 0 radical (unpaired) electrons. The zero-order valence-electron chi connectivity index (χ0n) is 11.6. The number of anilines is 1. The summed E-state index contributed by atoms with van der Waals surface area (Å²) in [5.74, 6) is 2.27. The van der Waals surface area contributed by atoms with Crippen LogP contribution in [0.25, 0.3) is 0 Å². The average Bonchev–Trinajstić information content (AvgIpc) is 2.57. The second kappa shape index (κ2) is 5.52. The summed E-state index contributed by atoms with van der Waals surface area (Å²) in [7, 11) is 0. The predicted molar refractivity (Wildman–Crippen MR) is 76.8 cm³/mol. The molecule has 0 aromatic carbocycles. The van der Waals surface area contributed by atoms with Crippen LogP contribution in [0, 0.1) is 18.8 Å². The van der Waals surface area contributed by atoms with Gasteiger partial charge in [0, 0.05) is 0 Å². The van der Waals surface area contributed by atoms with E-state index in [1.54, 1.807) is 0 Å². The van der Waals surface area contributed by atoms with Gasteiger partial charge in [-0.25, -0.2) is 4.68 Å². The van der Waals surface area contributed by atoms with Gasteiger partial charge in [0.25, 0.3) is 0 Å². The standard InChI is InChI=1S/C14H24ClN3/c1-9(2)11-5-4-6-12(8-7-11)18-14(16)13(15)10(3)17-18/h9,11-12H,4-8,16H2,1-3H3. The lowest BCUT2D eigenvalue weighted by molar-refractivity contribution is 0.332. The zero-order valence-corrected chi connectivity index (χ0v) is 12.4. The summed E-state index contributed by atoms with van der Waals surface area (Å²) in [4.78, 5) is 0. The average molecular weight is 270 g/mol. The Labute approximate surface area is 115 Å². The highest BCUT2D eigenvalue weighted by atomic mass is 35.5. The van der Waals surface area contributed by atoms with Crippen LogP contribution in [0.2, 0.25) is 5.02 Å². The van der Waals surface area contributed by atoms with Gasteiger partial charge < -0.3 is 5.73 Å². The first-order chi connectivity index (χ1) is 8.50. The van der Waals surface area contributed by atoms with E-state index in [1.165, 1.54) is 32.1 Å². The first-order valence-corrected chi connectivity index (χ1v) is 7.38. The fourth-order valence-electron chi connectivity index (χ4n) is 3.05. The first kappa shape index (κ1) is 13.7. The summed E-state index contributed by atoms with van der Waals surface area (Å²) >= 11 is 6.13. The van der Waals surface area contributed by atoms with E-state index < -0.39 is 0 Å². The van der Waals surface area contributed by atoms with Crippen LogP contribution in [0.15, 0.2) is 0 Å². The fraction of sp³-hybridized carbons (Fsp3) is 0.786. The Morgan fingerprint density at radius 3 is 2.56 bits per heavy atom. The largest absolute Gasteiger partial charge is 0.383 e. The Morgan fingerprint density at radius 2 is 2.00 bits per heavy atom. The first-order valence-electron chi connectivity index (χ1n) is 7.00. The molecule has 2 rings (SSSR count). The Kier molecular flexibility index (Phi) is 4.21. The molecule has 1 heterocycles. The molecule has 0 amide bonds. The van der Waals surface area contributed by atoms with Crippen molar-refractivity contribution in [1.82, 2.24) is 9.78 Å². The summed E-state index contributed by atoms with van der Waals surface area (Å²) in [5, 5.41) is 5.13. The molecule has 0 bridgehead atoms. The van der Waals surface area contributed by atoms with Crippen LogP contribution in [0.4, 0.5) is 5.82 Å². The normalized spacial score (nSPS) is 25.4. The number of nitrogens with zero attached hydrogens (tertiary/aromatic N) is 2. The van der Waals surface area contributed by atoms with Crippen molar-refractivity contribution in [2.24, 2.45) is 11.8 Å². The van der Waals surface area contributed by atoms with Crippen molar-refractivity contribution in [2.45, 2.75) is 58.9 Å². The minimum atomic E-state index is 0.431. The van der Waals surface area contributed by atoms with Crippen LogP contribution in [0.5, 0.6) is 0 Å². The fourth-order valence-corrected chi connectivity index (χ4v) is 3.17. The number of halogens is 1. The maximum Gasteiger partial charge on any atom is 0.141 e. The van der Waals surface area contributed by atoms with Crippen molar-refractivity contribution in [3.8, 4) is 0 Å². The quantitative estimate of drug-likeness (QED) is 0.818. The Morgan fingerprint density at radius 1 is 1.28 bits per heavy atom. The second-order valence-corrected chi connectivity index (χ2v) is 6.27. The van der Waals surface area contributed by atoms with Crippen molar-refractivity contribution in [3.63, 3.8) is 0 Å². The van der Waals surface area contributed by atoms with Gasteiger partial charge >= 0.3 is 0 Å². The molecule has 0 saturated heterocycles.